The highest BCUT2D eigenvalue weighted by molar-refractivity contribution is 6.30. The number of halogens is 1. The maximum Gasteiger partial charge on any atom is 0.160 e. The second-order valence-corrected chi connectivity index (χ2v) is 5.92. The minimum atomic E-state index is -0.0284. The van der Waals surface area contributed by atoms with Gasteiger partial charge in [0.2, 0.25) is 0 Å². The minimum Gasteiger partial charge on any atom is -0.383 e. The summed E-state index contributed by atoms with van der Waals surface area (Å²) in [6, 6.07) is 1.86. The molecule has 0 N–H and O–H groups in total. The van der Waals surface area contributed by atoms with Gasteiger partial charge in [0.15, 0.2) is 12.0 Å². The van der Waals surface area contributed by atoms with Gasteiger partial charge in [-0.25, -0.2) is 9.67 Å². The molecule has 1 aliphatic heterocycles. The maximum absolute atomic E-state index is 6.08. The van der Waals surface area contributed by atoms with Crippen LogP contribution in [0.5, 0.6) is 0 Å². The number of aromatic nitrogens is 3. The molecule has 0 aromatic carbocycles. The van der Waals surface area contributed by atoms with Crippen LogP contribution < -0.4 is 4.90 Å². The van der Waals surface area contributed by atoms with Crippen molar-refractivity contribution < 1.29 is 9.47 Å². The van der Waals surface area contributed by atoms with Crippen LogP contribution in [0.3, 0.4) is 0 Å². The van der Waals surface area contributed by atoms with E-state index in [9.17, 15) is 0 Å². The fourth-order valence-electron chi connectivity index (χ4n) is 2.74. The minimum absolute atomic E-state index is 0.0284. The van der Waals surface area contributed by atoms with E-state index in [0.29, 0.717) is 11.8 Å². The number of ether oxygens (including phenoxy) is 2. The molecule has 1 unspecified atom stereocenters. The molecular weight excluding hydrogens is 304 g/mol. The van der Waals surface area contributed by atoms with Crippen LogP contribution in [0.1, 0.15) is 25.5 Å². The van der Waals surface area contributed by atoms with E-state index < -0.39 is 0 Å². The van der Waals surface area contributed by atoms with E-state index in [4.69, 9.17) is 26.2 Å². The van der Waals surface area contributed by atoms with E-state index in [1.165, 1.54) is 0 Å². The first-order valence-corrected chi connectivity index (χ1v) is 7.94. The molecule has 3 rings (SSSR count). The average Bonchev–Trinajstić information content (AvgIpc) is 2.92. The van der Waals surface area contributed by atoms with Gasteiger partial charge >= 0.3 is 0 Å². The molecule has 7 heteroatoms. The lowest BCUT2D eigenvalue weighted by molar-refractivity contribution is -0.0365. The zero-order valence-corrected chi connectivity index (χ0v) is 13.7. The van der Waals surface area contributed by atoms with E-state index in [2.05, 4.69) is 9.88 Å². The van der Waals surface area contributed by atoms with Crippen LogP contribution in [-0.2, 0) is 9.47 Å². The van der Waals surface area contributed by atoms with Gasteiger partial charge < -0.3 is 14.4 Å². The van der Waals surface area contributed by atoms with E-state index >= 15 is 0 Å². The SMILES string of the molecule is COCCN(C)c1nn(C2CCCCO2)c2cc(Cl)ncc12. The van der Waals surface area contributed by atoms with Crippen molar-refractivity contribution in [1.82, 2.24) is 14.8 Å². The van der Waals surface area contributed by atoms with Gasteiger partial charge in [0.05, 0.1) is 17.5 Å². The van der Waals surface area contributed by atoms with Crippen LogP contribution in [0.15, 0.2) is 12.3 Å². The predicted molar refractivity (Wildman–Crippen MR) is 86.5 cm³/mol. The molecule has 0 amide bonds. The number of pyridine rings is 1. The van der Waals surface area contributed by atoms with E-state index in [1.807, 2.05) is 17.8 Å². The lowest BCUT2D eigenvalue weighted by Gasteiger charge is -2.23. The normalized spacial score (nSPS) is 18.8. The molecule has 0 aliphatic carbocycles. The number of fused-ring (bicyclic) bond motifs is 1. The highest BCUT2D eigenvalue weighted by Crippen LogP contribution is 2.32. The lowest BCUT2D eigenvalue weighted by Crippen LogP contribution is -2.24. The maximum atomic E-state index is 6.08. The molecule has 1 aliphatic rings. The molecule has 3 heterocycles. The van der Waals surface area contributed by atoms with Crippen molar-refractivity contribution in [3.05, 3.63) is 17.4 Å². The van der Waals surface area contributed by atoms with Crippen LogP contribution in [0.2, 0.25) is 5.15 Å². The molecule has 1 saturated heterocycles. The highest BCUT2D eigenvalue weighted by atomic mass is 35.5. The van der Waals surface area contributed by atoms with Gasteiger partial charge in [-0.2, -0.15) is 5.10 Å². The zero-order chi connectivity index (χ0) is 15.5. The van der Waals surface area contributed by atoms with E-state index in [1.54, 1.807) is 13.3 Å². The summed E-state index contributed by atoms with van der Waals surface area (Å²) in [4.78, 5) is 6.27. The number of anilines is 1. The van der Waals surface area contributed by atoms with Gasteiger partial charge in [-0.1, -0.05) is 11.6 Å². The first kappa shape index (κ1) is 15.5. The van der Waals surface area contributed by atoms with Crippen molar-refractivity contribution >= 4 is 28.3 Å². The summed E-state index contributed by atoms with van der Waals surface area (Å²) in [7, 11) is 3.70. The second kappa shape index (κ2) is 6.81. The number of nitrogens with zero attached hydrogens (tertiary/aromatic N) is 4. The van der Waals surface area contributed by atoms with Crippen molar-refractivity contribution in [1.29, 1.82) is 0 Å². The van der Waals surface area contributed by atoms with Gasteiger partial charge in [-0.05, 0) is 19.3 Å². The molecule has 2 aromatic heterocycles. The number of rotatable bonds is 5. The topological polar surface area (TPSA) is 52.4 Å². The lowest BCUT2D eigenvalue weighted by atomic mass is 10.2. The summed E-state index contributed by atoms with van der Waals surface area (Å²) < 4.78 is 13.0. The molecule has 0 bridgehead atoms. The Morgan fingerprint density at radius 1 is 1.50 bits per heavy atom. The molecular formula is C15H21ClN4O2. The van der Waals surface area contributed by atoms with E-state index in [-0.39, 0.29) is 6.23 Å². The molecule has 1 atom stereocenters. The average molecular weight is 325 g/mol. The predicted octanol–water partition coefficient (Wildman–Crippen LogP) is 2.87. The van der Waals surface area contributed by atoms with Crippen LogP contribution in [0.25, 0.3) is 10.9 Å². The van der Waals surface area contributed by atoms with Gasteiger partial charge in [0.25, 0.3) is 0 Å². The van der Waals surface area contributed by atoms with Gasteiger partial charge in [0.1, 0.15) is 5.15 Å². The highest BCUT2D eigenvalue weighted by Gasteiger charge is 2.22. The summed E-state index contributed by atoms with van der Waals surface area (Å²) in [5.74, 6) is 0.880. The van der Waals surface area contributed by atoms with Crippen molar-refractivity contribution in [2.75, 3.05) is 38.8 Å². The summed E-state index contributed by atoms with van der Waals surface area (Å²) in [5.41, 5.74) is 0.964. The molecule has 0 spiro atoms. The van der Waals surface area contributed by atoms with E-state index in [0.717, 1.165) is 49.1 Å². The smallest absolute Gasteiger partial charge is 0.160 e. The number of methoxy groups -OCH3 is 1. The molecule has 0 saturated carbocycles. The molecule has 22 heavy (non-hydrogen) atoms. The Kier molecular flexibility index (Phi) is 4.81. The summed E-state index contributed by atoms with van der Waals surface area (Å²) >= 11 is 6.08. The number of likely N-dealkylation sites (N-methyl/N-ethyl adjacent to an activating group) is 1. The van der Waals surface area contributed by atoms with Crippen LogP contribution in [0, 0.1) is 0 Å². The Morgan fingerprint density at radius 3 is 3.09 bits per heavy atom. The first-order chi connectivity index (χ1) is 10.7. The Balaban J connectivity index is 2.01. The van der Waals surface area contributed by atoms with Crippen molar-refractivity contribution in [3.8, 4) is 0 Å². The third-order valence-electron chi connectivity index (χ3n) is 3.96. The second-order valence-electron chi connectivity index (χ2n) is 5.53. The third kappa shape index (κ3) is 3.04. The van der Waals surface area contributed by atoms with Crippen molar-refractivity contribution in [2.45, 2.75) is 25.5 Å². The fourth-order valence-corrected chi connectivity index (χ4v) is 2.90. The molecule has 2 aromatic rings. The Bertz CT molecular complexity index is 640. The Hall–Kier alpha value is -1.37. The van der Waals surface area contributed by atoms with Gasteiger partial charge in [0, 0.05) is 39.6 Å². The van der Waals surface area contributed by atoms with Gasteiger partial charge in [-0.3, -0.25) is 0 Å². The molecule has 0 radical (unpaired) electrons. The summed E-state index contributed by atoms with van der Waals surface area (Å²) in [5, 5.41) is 6.22. The Labute approximate surface area is 135 Å². The monoisotopic (exact) mass is 324 g/mol. The standard InChI is InChI=1S/C15H21ClN4O2/c1-19(6-8-21-2)15-11-10-17-13(16)9-12(11)20(18-15)14-5-3-4-7-22-14/h9-10,14H,3-8H2,1-2H3. The third-order valence-corrected chi connectivity index (χ3v) is 4.17. The fraction of sp³-hybridized carbons (Fsp3) is 0.600. The zero-order valence-electron chi connectivity index (χ0n) is 13.0. The molecule has 6 nitrogen and oxygen atoms in total. The number of hydrogen-bond donors (Lipinski definition) is 0. The molecule has 120 valence electrons. The van der Waals surface area contributed by atoms with Crippen molar-refractivity contribution in [3.63, 3.8) is 0 Å². The number of hydrogen-bond acceptors (Lipinski definition) is 5. The van der Waals surface area contributed by atoms with Crippen molar-refractivity contribution in [2.24, 2.45) is 0 Å². The quantitative estimate of drug-likeness (QED) is 0.792. The molecule has 1 fully saturated rings. The largest absolute Gasteiger partial charge is 0.383 e. The van der Waals surface area contributed by atoms with Crippen LogP contribution >= 0.6 is 11.6 Å². The van der Waals surface area contributed by atoms with Crippen LogP contribution in [-0.4, -0.2) is 48.7 Å². The van der Waals surface area contributed by atoms with Crippen LogP contribution in [0.4, 0.5) is 5.82 Å². The summed E-state index contributed by atoms with van der Waals surface area (Å²) in [6.07, 6.45) is 4.98. The summed E-state index contributed by atoms with van der Waals surface area (Å²) in [6.45, 7) is 2.18. The first-order valence-electron chi connectivity index (χ1n) is 7.56. The Morgan fingerprint density at radius 2 is 2.36 bits per heavy atom. The van der Waals surface area contributed by atoms with Gasteiger partial charge in [-0.15, -0.1) is 0 Å².